The Morgan fingerprint density at radius 1 is 1.02 bits per heavy atom. The van der Waals surface area contributed by atoms with Crippen LogP contribution >= 0.6 is 11.6 Å². The Balaban J connectivity index is 1.14. The van der Waals surface area contributed by atoms with Crippen molar-refractivity contribution in [2.45, 2.75) is 37.8 Å². The van der Waals surface area contributed by atoms with Crippen molar-refractivity contribution in [1.29, 1.82) is 0 Å². The number of halogens is 1. The zero-order valence-corrected chi connectivity index (χ0v) is 27.5. The van der Waals surface area contributed by atoms with E-state index in [-0.39, 0.29) is 29.6 Å². The van der Waals surface area contributed by atoms with E-state index >= 15 is 0 Å². The number of H-pyrrole nitrogens is 2. The third-order valence-electron chi connectivity index (χ3n) is 9.61. The lowest BCUT2D eigenvalue weighted by molar-refractivity contribution is -0.120. The van der Waals surface area contributed by atoms with Crippen molar-refractivity contribution in [3.63, 3.8) is 0 Å². The van der Waals surface area contributed by atoms with Crippen LogP contribution in [0.2, 0.25) is 5.02 Å². The van der Waals surface area contributed by atoms with Gasteiger partial charge in [-0.05, 0) is 80.7 Å². The molecule has 1 saturated heterocycles. The Labute approximate surface area is 278 Å². The molecule has 7 rings (SSSR count). The number of rotatable bonds is 7. The Morgan fingerprint density at radius 3 is 2.55 bits per heavy atom. The summed E-state index contributed by atoms with van der Waals surface area (Å²) >= 11 is 6.45. The Hall–Kier alpha value is -4.54. The van der Waals surface area contributed by atoms with Gasteiger partial charge in [0, 0.05) is 66.5 Å². The average Bonchev–Trinajstić information content (AvgIpc) is 3.63. The van der Waals surface area contributed by atoms with E-state index in [2.05, 4.69) is 20.2 Å². The van der Waals surface area contributed by atoms with Gasteiger partial charge in [-0.2, -0.15) is 0 Å². The number of nitrogens with zero attached hydrogens (tertiary/aromatic N) is 4. The minimum Gasteiger partial charge on any atom is -0.361 e. The third kappa shape index (κ3) is 6.27. The number of benzene rings is 3. The molecule has 10 nitrogen and oxygen atoms in total. The molecule has 2 atom stereocenters. The lowest BCUT2D eigenvalue weighted by atomic mass is 9.91. The third-order valence-corrected chi connectivity index (χ3v) is 9.85. The van der Waals surface area contributed by atoms with Gasteiger partial charge in [-0.3, -0.25) is 9.36 Å². The summed E-state index contributed by atoms with van der Waals surface area (Å²) in [5.74, 6) is 0.0786. The molecule has 11 heteroatoms. The predicted octanol–water partition coefficient (Wildman–Crippen LogP) is 5.19. The number of carbonyl (C=O) groups is 2. The van der Waals surface area contributed by atoms with Gasteiger partial charge < -0.3 is 30.0 Å². The van der Waals surface area contributed by atoms with E-state index in [1.807, 2.05) is 96.5 Å². The van der Waals surface area contributed by atoms with E-state index in [1.54, 1.807) is 4.90 Å². The molecule has 2 aromatic heterocycles. The van der Waals surface area contributed by atoms with Gasteiger partial charge in [0.2, 0.25) is 5.91 Å². The minimum atomic E-state index is -0.805. The van der Waals surface area contributed by atoms with Crippen LogP contribution in [0.3, 0.4) is 0 Å². The van der Waals surface area contributed by atoms with Gasteiger partial charge in [0.15, 0.2) is 0 Å². The smallest absolute Gasteiger partial charge is 0.326 e. The fourth-order valence-corrected chi connectivity index (χ4v) is 7.62. The second kappa shape index (κ2) is 12.9. The van der Waals surface area contributed by atoms with E-state index in [0.29, 0.717) is 43.9 Å². The van der Waals surface area contributed by atoms with Crippen molar-refractivity contribution >= 4 is 51.2 Å². The molecule has 1 unspecified atom stereocenters. The number of hydrogen-bond acceptors (Lipinski definition) is 4. The van der Waals surface area contributed by atoms with Crippen LogP contribution in [0.5, 0.6) is 0 Å². The molecule has 2 aliphatic rings. The zero-order valence-electron chi connectivity index (χ0n) is 26.7. The predicted molar refractivity (Wildman–Crippen MR) is 186 cm³/mol. The maximum Gasteiger partial charge on any atom is 0.326 e. The lowest BCUT2D eigenvalue weighted by Gasteiger charge is -2.38. The number of nitrogens with one attached hydrogen (secondary N) is 3. The number of carbonyl (C=O) groups excluding carboxylic acids is 2. The first-order valence-corrected chi connectivity index (χ1v) is 16.7. The SMILES string of the molecule is CN(C)C[C@@H]1Cc2ccc(Cl)cc2N(C(=O)C(Cc2c[nH]c3ccccc23)NC(=O)N2CCC(n3c(=O)[nH]c4ccccc43)CC2)C1. The average molecular weight is 654 g/mol. The highest BCUT2D eigenvalue weighted by Crippen LogP contribution is 2.34. The normalized spacial score (nSPS) is 17.7. The minimum absolute atomic E-state index is 0.0189. The number of likely N-dealkylation sites (tertiary alicyclic amines) is 1. The maximum absolute atomic E-state index is 14.6. The number of amides is 3. The first-order chi connectivity index (χ1) is 22.7. The number of anilines is 1. The first-order valence-electron chi connectivity index (χ1n) is 16.3. The van der Waals surface area contributed by atoms with Crippen molar-refractivity contribution < 1.29 is 9.59 Å². The maximum atomic E-state index is 14.6. The molecule has 3 aromatic carbocycles. The van der Waals surface area contributed by atoms with Crippen LogP contribution in [0.25, 0.3) is 21.9 Å². The van der Waals surface area contributed by atoms with E-state index in [4.69, 9.17) is 11.6 Å². The highest BCUT2D eigenvalue weighted by atomic mass is 35.5. The van der Waals surface area contributed by atoms with Gasteiger partial charge in [-0.15, -0.1) is 0 Å². The zero-order chi connectivity index (χ0) is 32.7. The van der Waals surface area contributed by atoms with Gasteiger partial charge in [0.05, 0.1) is 11.0 Å². The number of imidazole rings is 1. The summed E-state index contributed by atoms with van der Waals surface area (Å²) in [6, 6.07) is 20.3. The molecule has 1 fully saturated rings. The standard InChI is InChI=1S/C36H40ClN7O3/c1-41(2)21-23-17-24-11-12-26(37)19-33(24)43(22-23)34(45)31(18-25-20-38-29-8-4-3-7-28(25)29)40-35(46)42-15-13-27(14-16-42)44-32-10-6-5-9-30(32)39-36(44)47/h3-12,19-20,23,27,31,38H,13-18,21-22H2,1-2H3,(H,39,47)(H,40,46)/t23-,31?/m0/s1. The molecule has 244 valence electrons. The fraction of sp³-hybridized carbons (Fsp3) is 0.361. The van der Waals surface area contributed by atoms with E-state index in [9.17, 15) is 14.4 Å². The highest BCUT2D eigenvalue weighted by molar-refractivity contribution is 6.31. The second-order valence-corrected chi connectivity index (χ2v) is 13.6. The van der Waals surface area contributed by atoms with Crippen molar-refractivity contribution in [1.82, 2.24) is 29.7 Å². The summed E-state index contributed by atoms with van der Waals surface area (Å²) in [6.07, 6.45) is 4.39. The van der Waals surface area contributed by atoms with E-state index in [1.165, 1.54) is 0 Å². The van der Waals surface area contributed by atoms with Gasteiger partial charge in [-0.1, -0.05) is 48.0 Å². The fourth-order valence-electron chi connectivity index (χ4n) is 7.45. The van der Waals surface area contributed by atoms with Gasteiger partial charge in [-0.25, -0.2) is 9.59 Å². The summed E-state index contributed by atoms with van der Waals surface area (Å²) in [5, 5.41) is 4.74. The number of aromatic amines is 2. The van der Waals surface area contributed by atoms with Crippen LogP contribution in [-0.4, -0.2) is 82.6 Å². The van der Waals surface area contributed by atoms with Crippen LogP contribution in [0.4, 0.5) is 10.5 Å². The van der Waals surface area contributed by atoms with Crippen LogP contribution in [0.15, 0.2) is 77.7 Å². The molecule has 0 aliphatic carbocycles. The molecule has 2 aliphatic heterocycles. The van der Waals surface area contributed by atoms with E-state index < -0.39 is 6.04 Å². The number of hydrogen-bond donors (Lipinski definition) is 3. The molecule has 5 aromatic rings. The van der Waals surface area contributed by atoms with Crippen molar-refractivity contribution in [3.8, 4) is 0 Å². The largest absolute Gasteiger partial charge is 0.361 e. The van der Waals surface area contributed by atoms with Crippen molar-refractivity contribution in [3.05, 3.63) is 99.6 Å². The molecule has 0 saturated carbocycles. The second-order valence-electron chi connectivity index (χ2n) is 13.2. The molecule has 3 N–H and O–H groups in total. The van der Waals surface area contributed by atoms with Crippen LogP contribution in [-0.2, 0) is 17.6 Å². The lowest BCUT2D eigenvalue weighted by Crippen LogP contribution is -2.56. The summed E-state index contributed by atoms with van der Waals surface area (Å²) in [7, 11) is 4.09. The van der Waals surface area contributed by atoms with E-state index in [0.717, 1.165) is 51.7 Å². The number of para-hydroxylation sites is 3. The molecular weight excluding hydrogens is 614 g/mol. The van der Waals surface area contributed by atoms with Gasteiger partial charge >= 0.3 is 11.7 Å². The Morgan fingerprint density at radius 2 is 1.77 bits per heavy atom. The Kier molecular flexibility index (Phi) is 8.55. The molecule has 0 radical (unpaired) electrons. The van der Waals surface area contributed by atoms with Gasteiger partial charge in [0.1, 0.15) is 6.04 Å². The van der Waals surface area contributed by atoms with Crippen LogP contribution in [0.1, 0.15) is 30.0 Å². The quantitative estimate of drug-likeness (QED) is 0.225. The monoisotopic (exact) mass is 653 g/mol. The van der Waals surface area contributed by atoms with Gasteiger partial charge in [0.25, 0.3) is 0 Å². The number of fused-ring (bicyclic) bond motifs is 3. The van der Waals surface area contributed by atoms with Crippen LogP contribution in [0, 0.1) is 5.92 Å². The number of urea groups is 1. The van der Waals surface area contributed by atoms with Crippen molar-refractivity contribution in [2.75, 3.05) is 45.2 Å². The molecular formula is C36H40ClN7O3. The number of piperidine rings is 1. The summed E-state index contributed by atoms with van der Waals surface area (Å²) in [6.45, 7) is 2.32. The molecule has 47 heavy (non-hydrogen) atoms. The Bertz CT molecular complexity index is 1990. The van der Waals surface area contributed by atoms with Crippen molar-refractivity contribution in [2.24, 2.45) is 5.92 Å². The first kappa shape index (κ1) is 31.1. The molecule has 0 spiro atoms. The number of aromatic nitrogens is 3. The molecule has 3 amide bonds. The highest BCUT2D eigenvalue weighted by Gasteiger charge is 2.35. The summed E-state index contributed by atoms with van der Waals surface area (Å²) in [4.78, 5) is 53.4. The topological polar surface area (TPSA) is 109 Å². The summed E-state index contributed by atoms with van der Waals surface area (Å²) < 4.78 is 1.82. The molecule has 0 bridgehead atoms. The summed E-state index contributed by atoms with van der Waals surface area (Å²) in [5.41, 5.74) is 5.38. The molecule has 4 heterocycles. The van der Waals surface area contributed by atoms with Crippen LogP contribution < -0.4 is 15.9 Å².